The fourth-order valence-corrected chi connectivity index (χ4v) is 2.34. The Morgan fingerprint density at radius 2 is 1.78 bits per heavy atom. The third-order valence-electron chi connectivity index (χ3n) is 3.38. The predicted molar refractivity (Wildman–Crippen MR) is 75.9 cm³/mol. The van der Waals surface area contributed by atoms with Crippen molar-refractivity contribution in [1.82, 2.24) is 0 Å². The fraction of sp³-hybridized carbons (Fsp3) is 0.0588. The Hall–Kier alpha value is -3.07. The van der Waals surface area contributed by atoms with E-state index in [1.165, 1.54) is 18.2 Å². The molecule has 1 aliphatic rings. The molecular formula is C17H8F3NO2. The molecule has 3 rings (SSSR count). The van der Waals surface area contributed by atoms with E-state index in [1.807, 2.05) is 0 Å². The molecule has 0 saturated carbocycles. The Balaban J connectivity index is 2.05. The van der Waals surface area contributed by atoms with Gasteiger partial charge in [0.15, 0.2) is 0 Å². The highest BCUT2D eigenvalue weighted by molar-refractivity contribution is 6.05. The minimum atomic E-state index is -4.59. The van der Waals surface area contributed by atoms with Gasteiger partial charge in [-0.25, -0.2) is 4.79 Å². The van der Waals surface area contributed by atoms with Crippen LogP contribution in [0.3, 0.4) is 0 Å². The predicted octanol–water partition coefficient (Wildman–Crippen LogP) is 4.25. The Kier molecular flexibility index (Phi) is 3.41. The zero-order chi connectivity index (χ0) is 16.6. The number of nitrogens with zero attached hydrogens (tertiary/aromatic N) is 1. The van der Waals surface area contributed by atoms with Crippen LogP contribution in [0.2, 0.25) is 0 Å². The van der Waals surface area contributed by atoms with E-state index in [0.717, 1.165) is 12.1 Å². The van der Waals surface area contributed by atoms with Crippen LogP contribution in [0.5, 0.6) is 0 Å². The van der Waals surface area contributed by atoms with Gasteiger partial charge in [0.05, 0.1) is 22.8 Å². The SMILES string of the molecule is N#Cc1cc(/C=C2\OC(=O)c3ccccc32)ccc1C(F)(F)F. The molecule has 0 bridgehead atoms. The summed E-state index contributed by atoms with van der Waals surface area (Å²) in [4.78, 5) is 11.7. The number of hydrogen-bond acceptors (Lipinski definition) is 3. The van der Waals surface area contributed by atoms with Gasteiger partial charge in [0.1, 0.15) is 5.76 Å². The van der Waals surface area contributed by atoms with Crippen LogP contribution in [0, 0.1) is 11.3 Å². The summed E-state index contributed by atoms with van der Waals surface area (Å²) in [6, 6.07) is 11.4. The molecule has 6 heteroatoms. The molecule has 0 aliphatic carbocycles. The van der Waals surface area contributed by atoms with Crippen LogP contribution in [0.25, 0.3) is 11.8 Å². The van der Waals surface area contributed by atoms with Crippen LogP contribution in [-0.2, 0) is 10.9 Å². The number of esters is 1. The molecule has 1 aliphatic heterocycles. The third kappa shape index (κ3) is 2.69. The van der Waals surface area contributed by atoms with E-state index < -0.39 is 23.3 Å². The number of benzene rings is 2. The number of fused-ring (bicyclic) bond motifs is 1. The lowest BCUT2D eigenvalue weighted by Crippen LogP contribution is -2.07. The zero-order valence-electron chi connectivity index (χ0n) is 11.5. The van der Waals surface area contributed by atoms with Gasteiger partial charge in [-0.2, -0.15) is 18.4 Å². The number of hydrogen-bond donors (Lipinski definition) is 0. The Bertz CT molecular complexity index is 876. The first kappa shape index (κ1) is 14.9. The van der Waals surface area contributed by atoms with E-state index in [-0.39, 0.29) is 5.76 Å². The summed E-state index contributed by atoms with van der Waals surface area (Å²) in [7, 11) is 0. The average Bonchev–Trinajstić information content (AvgIpc) is 2.83. The molecule has 0 saturated heterocycles. The van der Waals surface area contributed by atoms with Gasteiger partial charge in [0.25, 0.3) is 0 Å². The Labute approximate surface area is 129 Å². The van der Waals surface area contributed by atoms with E-state index in [1.54, 1.807) is 24.3 Å². The molecule has 0 radical (unpaired) electrons. The molecule has 0 amide bonds. The maximum atomic E-state index is 12.8. The van der Waals surface area contributed by atoms with Crippen LogP contribution < -0.4 is 0 Å². The van der Waals surface area contributed by atoms with Crippen molar-refractivity contribution in [2.45, 2.75) is 6.18 Å². The molecule has 2 aromatic rings. The first-order valence-corrected chi connectivity index (χ1v) is 6.55. The summed E-state index contributed by atoms with van der Waals surface area (Å²) >= 11 is 0. The largest absolute Gasteiger partial charge is 0.422 e. The van der Waals surface area contributed by atoms with Gasteiger partial charge in [-0.3, -0.25) is 0 Å². The van der Waals surface area contributed by atoms with E-state index in [4.69, 9.17) is 10.00 Å². The van der Waals surface area contributed by atoms with Crippen LogP contribution in [0.4, 0.5) is 13.2 Å². The molecule has 0 aromatic heterocycles. The van der Waals surface area contributed by atoms with Crippen molar-refractivity contribution in [2.75, 3.05) is 0 Å². The van der Waals surface area contributed by atoms with E-state index in [0.29, 0.717) is 16.7 Å². The molecule has 0 atom stereocenters. The first-order valence-electron chi connectivity index (χ1n) is 6.55. The van der Waals surface area contributed by atoms with Gasteiger partial charge in [-0.05, 0) is 29.8 Å². The maximum absolute atomic E-state index is 12.8. The van der Waals surface area contributed by atoms with Crippen LogP contribution in [0.1, 0.15) is 32.6 Å². The second kappa shape index (κ2) is 5.29. The summed E-state index contributed by atoms with van der Waals surface area (Å²) in [6.45, 7) is 0. The van der Waals surface area contributed by atoms with E-state index >= 15 is 0 Å². The average molecular weight is 315 g/mol. The number of halogens is 3. The van der Waals surface area contributed by atoms with Crippen LogP contribution in [-0.4, -0.2) is 5.97 Å². The smallest absolute Gasteiger partial charge is 0.417 e. The Morgan fingerprint density at radius 3 is 2.43 bits per heavy atom. The van der Waals surface area contributed by atoms with Gasteiger partial charge in [-0.15, -0.1) is 0 Å². The minimum absolute atomic E-state index is 0.245. The standard InChI is InChI=1S/C17H8F3NO2/c18-17(19,20)14-6-5-10(7-11(14)9-21)8-15-12-3-1-2-4-13(12)16(22)23-15/h1-8H/b15-8-. The Morgan fingerprint density at radius 1 is 1.09 bits per heavy atom. The summed E-state index contributed by atoms with van der Waals surface area (Å²) in [5.74, 6) is -0.270. The number of carbonyl (C=O) groups excluding carboxylic acids is 1. The second-order valence-corrected chi connectivity index (χ2v) is 4.86. The van der Waals surface area contributed by atoms with Gasteiger partial charge < -0.3 is 4.74 Å². The van der Waals surface area contributed by atoms with Crippen molar-refractivity contribution in [3.05, 3.63) is 70.3 Å². The van der Waals surface area contributed by atoms with Gasteiger partial charge in [0, 0.05) is 5.56 Å². The lowest BCUT2D eigenvalue weighted by Gasteiger charge is -2.09. The number of alkyl halides is 3. The molecule has 0 unspecified atom stereocenters. The second-order valence-electron chi connectivity index (χ2n) is 4.86. The topological polar surface area (TPSA) is 50.1 Å². The minimum Gasteiger partial charge on any atom is -0.422 e. The number of rotatable bonds is 1. The molecule has 114 valence electrons. The molecule has 1 heterocycles. The van der Waals surface area contributed by atoms with Gasteiger partial charge in [0.2, 0.25) is 0 Å². The lowest BCUT2D eigenvalue weighted by atomic mass is 10.0. The number of carbonyl (C=O) groups is 1. The lowest BCUT2D eigenvalue weighted by molar-refractivity contribution is -0.137. The number of nitriles is 1. The third-order valence-corrected chi connectivity index (χ3v) is 3.38. The van der Waals surface area contributed by atoms with Gasteiger partial charge >= 0.3 is 12.1 Å². The number of cyclic esters (lactones) is 1. The molecule has 0 fully saturated rings. The molecule has 3 nitrogen and oxygen atoms in total. The van der Waals surface area contributed by atoms with Crippen molar-refractivity contribution in [3.63, 3.8) is 0 Å². The molecular weight excluding hydrogens is 307 g/mol. The summed E-state index contributed by atoms with van der Waals surface area (Å²) in [6.07, 6.45) is -3.16. The molecule has 23 heavy (non-hydrogen) atoms. The molecule has 0 spiro atoms. The van der Waals surface area contributed by atoms with Crippen molar-refractivity contribution in [3.8, 4) is 6.07 Å². The number of ether oxygens (including phenoxy) is 1. The fourth-order valence-electron chi connectivity index (χ4n) is 2.34. The highest BCUT2D eigenvalue weighted by Crippen LogP contribution is 2.34. The van der Waals surface area contributed by atoms with Crippen molar-refractivity contribution >= 4 is 17.8 Å². The molecule has 2 aromatic carbocycles. The van der Waals surface area contributed by atoms with Crippen LogP contribution >= 0.6 is 0 Å². The summed E-state index contributed by atoms with van der Waals surface area (Å²) in [5, 5.41) is 8.91. The van der Waals surface area contributed by atoms with Gasteiger partial charge in [-0.1, -0.05) is 24.3 Å². The first-order chi connectivity index (χ1) is 10.9. The quantitative estimate of drug-likeness (QED) is 0.739. The normalized spacial score (nSPS) is 15.2. The van der Waals surface area contributed by atoms with E-state index in [2.05, 4.69) is 0 Å². The van der Waals surface area contributed by atoms with Crippen molar-refractivity contribution in [1.29, 1.82) is 5.26 Å². The molecule has 0 N–H and O–H groups in total. The van der Waals surface area contributed by atoms with Crippen molar-refractivity contribution < 1.29 is 22.7 Å². The monoisotopic (exact) mass is 315 g/mol. The van der Waals surface area contributed by atoms with Crippen LogP contribution in [0.15, 0.2) is 42.5 Å². The summed E-state index contributed by atoms with van der Waals surface area (Å²) in [5.41, 5.74) is -0.174. The highest BCUT2D eigenvalue weighted by Gasteiger charge is 2.33. The van der Waals surface area contributed by atoms with Crippen molar-refractivity contribution in [2.24, 2.45) is 0 Å². The zero-order valence-corrected chi connectivity index (χ0v) is 11.5. The highest BCUT2D eigenvalue weighted by atomic mass is 19.4. The summed E-state index contributed by atoms with van der Waals surface area (Å²) < 4.78 is 43.5. The van der Waals surface area contributed by atoms with E-state index in [9.17, 15) is 18.0 Å². The maximum Gasteiger partial charge on any atom is 0.417 e.